The Morgan fingerprint density at radius 1 is 0.771 bits per heavy atom. The lowest BCUT2D eigenvalue weighted by atomic mass is 9.96. The number of anilines is 1. The van der Waals surface area contributed by atoms with Crippen molar-refractivity contribution in [3.05, 3.63) is 120 Å². The topological polar surface area (TPSA) is 41.6 Å². The van der Waals surface area contributed by atoms with Crippen LogP contribution in [0.4, 0.5) is 10.5 Å². The lowest BCUT2D eigenvalue weighted by Gasteiger charge is -2.25. The first-order valence-corrected chi connectivity index (χ1v) is 11.8. The first kappa shape index (κ1) is 22.5. The number of methoxy groups -OCH3 is 1. The summed E-state index contributed by atoms with van der Waals surface area (Å²) in [5, 5.41) is 7.78. The summed E-state index contributed by atoms with van der Waals surface area (Å²) in [7, 11) is 1.62. The molecular formula is C31H28N2O2. The predicted molar refractivity (Wildman–Crippen MR) is 144 cm³/mol. The molecule has 0 aliphatic heterocycles. The Hall–Kier alpha value is -4.31. The third-order valence-electron chi connectivity index (χ3n) is 6.35. The van der Waals surface area contributed by atoms with Crippen LogP contribution in [0.3, 0.4) is 0 Å². The quantitative estimate of drug-likeness (QED) is 0.259. The SMILES string of the molecule is COc1cccc(NC(=O)N(CCc2ccccc2)Cc2c3ccccc3cc3ccccc23)c1. The number of amides is 2. The van der Waals surface area contributed by atoms with Crippen molar-refractivity contribution < 1.29 is 9.53 Å². The van der Waals surface area contributed by atoms with E-state index in [9.17, 15) is 4.79 Å². The largest absolute Gasteiger partial charge is 0.497 e. The van der Waals surface area contributed by atoms with Gasteiger partial charge in [-0.05, 0) is 57.3 Å². The molecule has 0 fully saturated rings. The number of benzene rings is 5. The fraction of sp³-hybridized carbons (Fsp3) is 0.129. The van der Waals surface area contributed by atoms with Gasteiger partial charge in [-0.25, -0.2) is 4.79 Å². The van der Waals surface area contributed by atoms with Gasteiger partial charge in [0, 0.05) is 24.8 Å². The molecule has 5 rings (SSSR count). The molecule has 0 saturated heterocycles. The molecule has 0 spiro atoms. The van der Waals surface area contributed by atoms with Gasteiger partial charge in [-0.2, -0.15) is 0 Å². The van der Waals surface area contributed by atoms with Gasteiger partial charge in [0.2, 0.25) is 0 Å². The van der Waals surface area contributed by atoms with E-state index in [2.05, 4.69) is 72.0 Å². The average molecular weight is 461 g/mol. The number of nitrogens with zero attached hydrogens (tertiary/aromatic N) is 1. The van der Waals surface area contributed by atoms with Gasteiger partial charge in [0.15, 0.2) is 0 Å². The molecular weight excluding hydrogens is 432 g/mol. The summed E-state index contributed by atoms with van der Waals surface area (Å²) >= 11 is 0. The Bertz CT molecular complexity index is 1410. The molecule has 0 saturated carbocycles. The number of fused-ring (bicyclic) bond motifs is 2. The van der Waals surface area contributed by atoms with Gasteiger partial charge < -0.3 is 15.0 Å². The van der Waals surface area contributed by atoms with E-state index < -0.39 is 0 Å². The minimum Gasteiger partial charge on any atom is -0.497 e. The summed E-state index contributed by atoms with van der Waals surface area (Å²) in [6, 6.07) is 36.6. The van der Waals surface area contributed by atoms with Crippen LogP contribution in [-0.2, 0) is 13.0 Å². The van der Waals surface area contributed by atoms with Crippen LogP contribution in [-0.4, -0.2) is 24.6 Å². The minimum absolute atomic E-state index is 0.133. The highest BCUT2D eigenvalue weighted by atomic mass is 16.5. The van der Waals surface area contributed by atoms with Crippen LogP contribution in [0.15, 0.2) is 109 Å². The Balaban J connectivity index is 1.51. The number of hydrogen-bond donors (Lipinski definition) is 1. The van der Waals surface area contributed by atoms with Crippen molar-refractivity contribution >= 4 is 33.3 Å². The fourth-order valence-electron chi connectivity index (χ4n) is 4.53. The van der Waals surface area contributed by atoms with E-state index in [-0.39, 0.29) is 6.03 Å². The molecule has 4 heteroatoms. The number of nitrogens with one attached hydrogen (secondary N) is 1. The van der Waals surface area contributed by atoms with Gasteiger partial charge in [0.1, 0.15) is 5.75 Å². The number of ether oxygens (including phenoxy) is 1. The molecule has 0 aromatic heterocycles. The third-order valence-corrected chi connectivity index (χ3v) is 6.35. The van der Waals surface area contributed by atoms with Gasteiger partial charge in [-0.3, -0.25) is 0 Å². The summed E-state index contributed by atoms with van der Waals surface area (Å²) in [4.78, 5) is 15.5. The highest BCUT2D eigenvalue weighted by Crippen LogP contribution is 2.30. The molecule has 2 amide bonds. The zero-order valence-corrected chi connectivity index (χ0v) is 19.8. The summed E-state index contributed by atoms with van der Waals surface area (Å²) < 4.78 is 5.33. The maximum Gasteiger partial charge on any atom is 0.322 e. The van der Waals surface area contributed by atoms with E-state index in [1.165, 1.54) is 27.1 Å². The zero-order valence-electron chi connectivity index (χ0n) is 19.8. The normalized spacial score (nSPS) is 10.9. The lowest BCUT2D eigenvalue weighted by Crippen LogP contribution is -2.36. The van der Waals surface area contributed by atoms with E-state index in [4.69, 9.17) is 4.74 Å². The lowest BCUT2D eigenvalue weighted by molar-refractivity contribution is 0.210. The van der Waals surface area contributed by atoms with Crippen LogP contribution >= 0.6 is 0 Å². The monoisotopic (exact) mass is 460 g/mol. The average Bonchev–Trinajstić information content (AvgIpc) is 2.91. The Morgan fingerprint density at radius 3 is 2.11 bits per heavy atom. The number of carbonyl (C=O) groups is 1. The number of hydrogen-bond acceptors (Lipinski definition) is 2. The maximum absolute atomic E-state index is 13.6. The first-order chi connectivity index (χ1) is 17.2. The van der Waals surface area contributed by atoms with E-state index in [0.29, 0.717) is 24.5 Å². The second kappa shape index (κ2) is 10.3. The molecule has 174 valence electrons. The molecule has 4 nitrogen and oxygen atoms in total. The standard InChI is InChI=1S/C31H28N2O2/c1-35-27-15-9-14-26(21-27)32-31(34)33(19-18-23-10-3-2-4-11-23)22-30-28-16-7-5-12-24(28)20-25-13-6-8-17-29(25)30/h2-17,20-21H,18-19,22H2,1H3,(H,32,34). The maximum atomic E-state index is 13.6. The van der Waals surface area contributed by atoms with Crippen molar-refractivity contribution in [1.82, 2.24) is 4.90 Å². The van der Waals surface area contributed by atoms with Crippen LogP contribution in [0.1, 0.15) is 11.1 Å². The zero-order chi connectivity index (χ0) is 24.0. The molecule has 0 radical (unpaired) electrons. The van der Waals surface area contributed by atoms with Crippen LogP contribution in [0.25, 0.3) is 21.5 Å². The third kappa shape index (κ3) is 5.12. The molecule has 0 heterocycles. The predicted octanol–water partition coefficient (Wildman–Crippen LogP) is 7.28. The van der Waals surface area contributed by atoms with Crippen LogP contribution < -0.4 is 10.1 Å². The Kier molecular flexibility index (Phi) is 6.62. The molecule has 0 atom stereocenters. The van der Waals surface area contributed by atoms with Crippen molar-refractivity contribution in [2.75, 3.05) is 19.0 Å². The second-order valence-corrected chi connectivity index (χ2v) is 8.62. The second-order valence-electron chi connectivity index (χ2n) is 8.62. The van der Waals surface area contributed by atoms with Crippen LogP contribution in [0.5, 0.6) is 5.75 Å². The molecule has 0 bridgehead atoms. The molecule has 0 unspecified atom stereocenters. The number of rotatable bonds is 7. The molecule has 0 aliphatic carbocycles. The van der Waals surface area contributed by atoms with Crippen molar-refractivity contribution in [2.45, 2.75) is 13.0 Å². The first-order valence-electron chi connectivity index (χ1n) is 11.8. The number of urea groups is 1. The van der Waals surface area contributed by atoms with E-state index in [0.717, 1.165) is 12.0 Å². The minimum atomic E-state index is -0.133. The molecule has 1 N–H and O–H groups in total. The molecule has 5 aromatic carbocycles. The summed E-state index contributed by atoms with van der Waals surface area (Å²) in [6.45, 7) is 1.10. The highest BCUT2D eigenvalue weighted by molar-refractivity contribution is 6.02. The van der Waals surface area contributed by atoms with E-state index >= 15 is 0 Å². The van der Waals surface area contributed by atoms with E-state index in [1.54, 1.807) is 7.11 Å². The van der Waals surface area contributed by atoms with E-state index in [1.807, 2.05) is 47.4 Å². The van der Waals surface area contributed by atoms with Gasteiger partial charge in [0.25, 0.3) is 0 Å². The molecule has 35 heavy (non-hydrogen) atoms. The van der Waals surface area contributed by atoms with Gasteiger partial charge in [0.05, 0.1) is 7.11 Å². The summed E-state index contributed by atoms with van der Waals surface area (Å²) in [6.07, 6.45) is 0.773. The fourth-order valence-corrected chi connectivity index (χ4v) is 4.53. The van der Waals surface area contributed by atoms with Crippen LogP contribution in [0, 0.1) is 0 Å². The summed E-state index contributed by atoms with van der Waals surface area (Å²) in [5.74, 6) is 0.707. The smallest absolute Gasteiger partial charge is 0.322 e. The number of carbonyl (C=O) groups excluding carboxylic acids is 1. The van der Waals surface area contributed by atoms with Gasteiger partial charge >= 0.3 is 6.03 Å². The van der Waals surface area contributed by atoms with Crippen molar-refractivity contribution in [1.29, 1.82) is 0 Å². The Morgan fingerprint density at radius 2 is 1.43 bits per heavy atom. The van der Waals surface area contributed by atoms with Gasteiger partial charge in [-0.1, -0.05) is 84.9 Å². The van der Waals surface area contributed by atoms with Gasteiger partial charge in [-0.15, -0.1) is 0 Å². The van der Waals surface area contributed by atoms with Crippen molar-refractivity contribution in [3.63, 3.8) is 0 Å². The van der Waals surface area contributed by atoms with Crippen molar-refractivity contribution in [2.24, 2.45) is 0 Å². The Labute approximate surface area is 205 Å². The summed E-state index contributed by atoms with van der Waals surface area (Å²) in [5.41, 5.74) is 3.07. The van der Waals surface area contributed by atoms with Crippen LogP contribution in [0.2, 0.25) is 0 Å². The highest BCUT2D eigenvalue weighted by Gasteiger charge is 2.18. The molecule has 5 aromatic rings. The molecule has 0 aliphatic rings. The van der Waals surface area contributed by atoms with Crippen molar-refractivity contribution in [3.8, 4) is 5.75 Å².